The molecule has 0 heterocycles. The number of carbonyl (C=O) groups is 2. The molecule has 0 saturated heterocycles. The van der Waals surface area contributed by atoms with Gasteiger partial charge in [-0.15, -0.1) is 0 Å². The van der Waals surface area contributed by atoms with Crippen molar-refractivity contribution in [3.63, 3.8) is 0 Å². The molecule has 1 aliphatic rings. The van der Waals surface area contributed by atoms with Gasteiger partial charge in [0.25, 0.3) is 5.91 Å². The number of fused-ring (bicyclic) bond motifs is 1. The lowest BCUT2D eigenvalue weighted by Crippen LogP contribution is -2.34. The van der Waals surface area contributed by atoms with E-state index in [1.165, 1.54) is 17.7 Å². The quantitative estimate of drug-likeness (QED) is 0.806. The molecular formula is C19H17Cl2NO3. The second kappa shape index (κ2) is 7.89. The summed E-state index contributed by atoms with van der Waals surface area (Å²) in [4.78, 5) is 24.2. The summed E-state index contributed by atoms with van der Waals surface area (Å²) in [5.41, 5.74) is 2.57. The number of carbonyl (C=O) groups excluding carboxylic acids is 2. The van der Waals surface area contributed by atoms with Crippen LogP contribution in [0.5, 0.6) is 0 Å². The van der Waals surface area contributed by atoms with Crippen molar-refractivity contribution < 1.29 is 14.3 Å². The smallest absolute Gasteiger partial charge is 0.340 e. The fourth-order valence-electron chi connectivity index (χ4n) is 3.00. The lowest BCUT2D eigenvalue weighted by atomic mass is 9.88. The van der Waals surface area contributed by atoms with Crippen LogP contribution in [0.4, 0.5) is 0 Å². The van der Waals surface area contributed by atoms with Crippen LogP contribution in [0.3, 0.4) is 0 Å². The Labute approximate surface area is 156 Å². The Kier molecular flexibility index (Phi) is 5.61. The van der Waals surface area contributed by atoms with Crippen LogP contribution in [0.1, 0.15) is 40.4 Å². The first kappa shape index (κ1) is 17.8. The van der Waals surface area contributed by atoms with E-state index >= 15 is 0 Å². The van der Waals surface area contributed by atoms with E-state index in [9.17, 15) is 9.59 Å². The molecule has 0 radical (unpaired) electrons. The average molecular weight is 378 g/mol. The minimum absolute atomic E-state index is 0.0460. The molecule has 25 heavy (non-hydrogen) atoms. The summed E-state index contributed by atoms with van der Waals surface area (Å²) in [6.07, 6.45) is 2.91. The molecule has 0 unspecified atom stereocenters. The lowest BCUT2D eigenvalue weighted by molar-refractivity contribution is -0.125. The van der Waals surface area contributed by atoms with Crippen molar-refractivity contribution in [3.8, 4) is 0 Å². The summed E-state index contributed by atoms with van der Waals surface area (Å²) in [6, 6.07) is 12.5. The van der Waals surface area contributed by atoms with Gasteiger partial charge in [0.2, 0.25) is 0 Å². The van der Waals surface area contributed by atoms with Gasteiger partial charge in [0.15, 0.2) is 6.61 Å². The van der Waals surface area contributed by atoms with Crippen LogP contribution in [0.25, 0.3) is 0 Å². The minimum Gasteiger partial charge on any atom is -0.452 e. The Morgan fingerprint density at radius 2 is 1.96 bits per heavy atom. The van der Waals surface area contributed by atoms with Crippen LogP contribution in [-0.2, 0) is 16.0 Å². The molecule has 0 aromatic heterocycles. The zero-order valence-corrected chi connectivity index (χ0v) is 14.9. The minimum atomic E-state index is -0.652. The van der Waals surface area contributed by atoms with Gasteiger partial charge in [-0.25, -0.2) is 4.79 Å². The molecule has 0 aliphatic heterocycles. The second-order valence-corrected chi connectivity index (χ2v) is 6.76. The number of nitrogens with one attached hydrogen (secondary N) is 1. The third kappa shape index (κ3) is 4.33. The number of hydrogen-bond acceptors (Lipinski definition) is 3. The van der Waals surface area contributed by atoms with Crippen molar-refractivity contribution in [1.29, 1.82) is 0 Å². The Morgan fingerprint density at radius 1 is 1.16 bits per heavy atom. The lowest BCUT2D eigenvalue weighted by Gasteiger charge is -2.26. The van der Waals surface area contributed by atoms with Gasteiger partial charge < -0.3 is 10.1 Å². The summed E-state index contributed by atoms with van der Waals surface area (Å²) < 4.78 is 5.06. The fourth-order valence-corrected chi connectivity index (χ4v) is 3.49. The third-order valence-corrected chi connectivity index (χ3v) is 4.74. The van der Waals surface area contributed by atoms with Crippen molar-refractivity contribution in [2.75, 3.05) is 6.61 Å². The topological polar surface area (TPSA) is 55.4 Å². The summed E-state index contributed by atoms with van der Waals surface area (Å²) in [5.74, 6) is -0.985. The van der Waals surface area contributed by atoms with E-state index in [0.29, 0.717) is 5.02 Å². The Bertz CT molecular complexity index is 807. The predicted molar refractivity (Wildman–Crippen MR) is 97.0 cm³/mol. The highest BCUT2D eigenvalue weighted by Crippen LogP contribution is 2.29. The van der Waals surface area contributed by atoms with E-state index < -0.39 is 5.97 Å². The van der Waals surface area contributed by atoms with Gasteiger partial charge in [-0.05, 0) is 48.6 Å². The number of aryl methyl sites for hydroxylation is 1. The van der Waals surface area contributed by atoms with Crippen LogP contribution in [0, 0.1) is 0 Å². The molecule has 1 N–H and O–H groups in total. The first-order valence-electron chi connectivity index (χ1n) is 8.04. The van der Waals surface area contributed by atoms with Crippen molar-refractivity contribution in [1.82, 2.24) is 5.32 Å². The normalized spacial score (nSPS) is 16.0. The highest BCUT2D eigenvalue weighted by Gasteiger charge is 2.22. The number of rotatable bonds is 4. The highest BCUT2D eigenvalue weighted by molar-refractivity contribution is 6.36. The maximum absolute atomic E-state index is 12.2. The van der Waals surface area contributed by atoms with Gasteiger partial charge in [-0.3, -0.25) is 4.79 Å². The van der Waals surface area contributed by atoms with Crippen molar-refractivity contribution in [2.45, 2.75) is 25.3 Å². The van der Waals surface area contributed by atoms with Crippen molar-refractivity contribution >= 4 is 35.1 Å². The highest BCUT2D eigenvalue weighted by atomic mass is 35.5. The van der Waals surface area contributed by atoms with Crippen LogP contribution in [0.15, 0.2) is 42.5 Å². The predicted octanol–water partition coefficient (Wildman–Crippen LogP) is 4.34. The molecule has 0 fully saturated rings. The van der Waals surface area contributed by atoms with E-state index in [4.69, 9.17) is 27.9 Å². The first-order chi connectivity index (χ1) is 12.0. The van der Waals surface area contributed by atoms with Crippen LogP contribution in [-0.4, -0.2) is 18.5 Å². The Balaban J connectivity index is 1.58. The zero-order valence-electron chi connectivity index (χ0n) is 13.4. The summed E-state index contributed by atoms with van der Waals surface area (Å²) in [6.45, 7) is -0.351. The van der Waals surface area contributed by atoms with Gasteiger partial charge in [0.05, 0.1) is 16.6 Å². The molecule has 3 rings (SSSR count). The van der Waals surface area contributed by atoms with Gasteiger partial charge in [0.1, 0.15) is 0 Å². The summed E-state index contributed by atoms with van der Waals surface area (Å²) >= 11 is 11.8. The standard InChI is InChI=1S/C19H17Cl2NO3/c20-13-8-9-15(16(21)10-13)19(24)25-11-18(23)22-17-7-3-5-12-4-1-2-6-14(12)17/h1-2,4,6,8-10,17H,3,5,7,11H2,(H,22,23)/t17-/m0/s1. The molecule has 0 spiro atoms. The Morgan fingerprint density at radius 3 is 2.76 bits per heavy atom. The molecule has 0 bridgehead atoms. The average Bonchev–Trinajstić information content (AvgIpc) is 2.60. The SMILES string of the molecule is O=C(COC(=O)c1ccc(Cl)cc1Cl)N[C@H]1CCCc2ccccc21. The molecular weight excluding hydrogens is 361 g/mol. The Hall–Kier alpha value is -2.04. The molecule has 1 aliphatic carbocycles. The van der Waals surface area contributed by atoms with Gasteiger partial charge in [0, 0.05) is 5.02 Å². The zero-order chi connectivity index (χ0) is 17.8. The molecule has 2 aromatic rings. The van der Waals surface area contributed by atoms with Crippen LogP contribution < -0.4 is 5.32 Å². The maximum atomic E-state index is 12.2. The number of halogens is 2. The number of hydrogen-bond donors (Lipinski definition) is 1. The second-order valence-electron chi connectivity index (χ2n) is 5.91. The number of amides is 1. The molecule has 0 saturated carbocycles. The third-order valence-electron chi connectivity index (χ3n) is 4.19. The van der Waals surface area contributed by atoms with Crippen molar-refractivity contribution in [3.05, 3.63) is 69.2 Å². The van der Waals surface area contributed by atoms with Crippen LogP contribution >= 0.6 is 23.2 Å². The van der Waals surface area contributed by atoms with Gasteiger partial charge in [-0.1, -0.05) is 47.5 Å². The molecule has 130 valence electrons. The fraction of sp³-hybridized carbons (Fsp3) is 0.263. The van der Waals surface area contributed by atoms with Gasteiger partial charge >= 0.3 is 5.97 Å². The van der Waals surface area contributed by atoms with Crippen molar-refractivity contribution in [2.24, 2.45) is 0 Å². The van der Waals surface area contributed by atoms with E-state index in [0.717, 1.165) is 24.8 Å². The van der Waals surface area contributed by atoms with E-state index in [1.807, 2.05) is 18.2 Å². The monoisotopic (exact) mass is 377 g/mol. The molecule has 1 amide bonds. The van der Waals surface area contributed by atoms with Crippen LogP contribution in [0.2, 0.25) is 10.0 Å². The van der Waals surface area contributed by atoms with E-state index in [2.05, 4.69) is 11.4 Å². The number of benzene rings is 2. The van der Waals surface area contributed by atoms with E-state index in [-0.39, 0.29) is 29.1 Å². The molecule has 4 nitrogen and oxygen atoms in total. The maximum Gasteiger partial charge on any atom is 0.340 e. The molecule has 6 heteroatoms. The molecule has 1 atom stereocenters. The number of ether oxygens (including phenoxy) is 1. The van der Waals surface area contributed by atoms with E-state index in [1.54, 1.807) is 6.07 Å². The van der Waals surface area contributed by atoms with Gasteiger partial charge in [-0.2, -0.15) is 0 Å². The summed E-state index contributed by atoms with van der Waals surface area (Å²) in [7, 11) is 0. The number of esters is 1. The first-order valence-corrected chi connectivity index (χ1v) is 8.79. The largest absolute Gasteiger partial charge is 0.452 e. The summed E-state index contributed by atoms with van der Waals surface area (Å²) in [5, 5.41) is 3.56. The molecule has 2 aromatic carbocycles.